The van der Waals surface area contributed by atoms with Gasteiger partial charge < -0.3 is 10.0 Å². The molecule has 7 heteroatoms. The van der Waals surface area contributed by atoms with Crippen molar-refractivity contribution in [2.75, 3.05) is 19.3 Å². The average Bonchev–Trinajstić information content (AvgIpc) is 1.74. The summed E-state index contributed by atoms with van der Waals surface area (Å²) < 4.78 is 25.6. The van der Waals surface area contributed by atoms with Gasteiger partial charge >= 0.3 is 6.09 Å². The molecule has 0 saturated carbocycles. The van der Waals surface area contributed by atoms with Gasteiger partial charge in [-0.1, -0.05) is 0 Å². The van der Waals surface area contributed by atoms with Crippen molar-refractivity contribution in [1.82, 2.24) is 4.90 Å². The van der Waals surface area contributed by atoms with Crippen molar-refractivity contribution in [3.63, 3.8) is 0 Å². The first-order valence-electron chi connectivity index (χ1n) is 3.24. The van der Waals surface area contributed by atoms with Crippen LogP contribution < -0.4 is 0 Å². The first-order chi connectivity index (χ1) is 5.38. The number of rotatable bonds is 2. The SMILES string of the molecule is CS(=O)(=O)OC1CN(C(=O)O)C1. The van der Waals surface area contributed by atoms with Gasteiger partial charge in [-0.25, -0.2) is 4.79 Å². The van der Waals surface area contributed by atoms with E-state index in [2.05, 4.69) is 4.18 Å². The second kappa shape index (κ2) is 2.91. The van der Waals surface area contributed by atoms with Gasteiger partial charge in [0.1, 0.15) is 6.10 Å². The highest BCUT2D eigenvalue weighted by molar-refractivity contribution is 7.86. The third-order valence-electron chi connectivity index (χ3n) is 1.43. The van der Waals surface area contributed by atoms with Crippen LogP contribution in [0.15, 0.2) is 0 Å². The Bertz CT molecular complexity index is 278. The van der Waals surface area contributed by atoms with Crippen molar-refractivity contribution in [2.45, 2.75) is 6.10 Å². The van der Waals surface area contributed by atoms with Gasteiger partial charge in [-0.15, -0.1) is 0 Å². The van der Waals surface area contributed by atoms with Crippen LogP contribution in [0.2, 0.25) is 0 Å². The standard InChI is InChI=1S/C5H9NO5S/c1-12(9,10)11-4-2-6(3-4)5(7)8/h4H,2-3H2,1H3,(H,7,8). The van der Waals surface area contributed by atoms with Crippen molar-refractivity contribution in [1.29, 1.82) is 0 Å². The molecule has 1 saturated heterocycles. The maximum absolute atomic E-state index is 10.5. The Balaban J connectivity index is 2.32. The first kappa shape index (κ1) is 9.27. The zero-order valence-corrected chi connectivity index (χ0v) is 7.24. The zero-order chi connectivity index (χ0) is 9.35. The smallest absolute Gasteiger partial charge is 0.407 e. The molecule has 0 radical (unpaired) electrons. The van der Waals surface area contributed by atoms with Crippen LogP contribution in [0.5, 0.6) is 0 Å². The van der Waals surface area contributed by atoms with Crippen molar-refractivity contribution < 1.29 is 22.5 Å². The van der Waals surface area contributed by atoms with Crippen LogP contribution in [0.1, 0.15) is 0 Å². The van der Waals surface area contributed by atoms with Gasteiger partial charge in [0.25, 0.3) is 10.1 Å². The molecule has 12 heavy (non-hydrogen) atoms. The summed E-state index contributed by atoms with van der Waals surface area (Å²) in [7, 11) is -3.45. The number of hydrogen-bond donors (Lipinski definition) is 1. The predicted octanol–water partition coefficient (Wildman–Crippen LogP) is -0.675. The largest absolute Gasteiger partial charge is 0.465 e. The van der Waals surface area contributed by atoms with E-state index >= 15 is 0 Å². The molecule has 1 amide bonds. The lowest BCUT2D eigenvalue weighted by Gasteiger charge is -2.35. The fraction of sp³-hybridized carbons (Fsp3) is 0.800. The molecule has 0 aromatic rings. The van der Waals surface area contributed by atoms with E-state index in [9.17, 15) is 13.2 Å². The summed E-state index contributed by atoms with van der Waals surface area (Å²) >= 11 is 0. The lowest BCUT2D eigenvalue weighted by Crippen LogP contribution is -2.54. The van der Waals surface area contributed by atoms with Crippen molar-refractivity contribution in [3.8, 4) is 0 Å². The van der Waals surface area contributed by atoms with E-state index in [4.69, 9.17) is 5.11 Å². The summed E-state index contributed by atoms with van der Waals surface area (Å²) in [6.07, 6.45) is -0.615. The van der Waals surface area contributed by atoms with Gasteiger partial charge in [0.2, 0.25) is 0 Å². The molecule has 1 heterocycles. The van der Waals surface area contributed by atoms with Crippen LogP contribution in [0, 0.1) is 0 Å². The molecule has 0 atom stereocenters. The van der Waals surface area contributed by atoms with Crippen molar-refractivity contribution >= 4 is 16.2 Å². The maximum Gasteiger partial charge on any atom is 0.407 e. The second-order valence-corrected chi connectivity index (χ2v) is 4.21. The Morgan fingerprint density at radius 1 is 1.58 bits per heavy atom. The van der Waals surface area contributed by atoms with Crippen LogP contribution >= 0.6 is 0 Å². The summed E-state index contributed by atoms with van der Waals surface area (Å²) in [6.45, 7) is 0.255. The maximum atomic E-state index is 10.5. The van der Waals surface area contributed by atoms with Crippen LogP contribution in [-0.2, 0) is 14.3 Å². The van der Waals surface area contributed by atoms with Gasteiger partial charge in [0, 0.05) is 0 Å². The lowest BCUT2D eigenvalue weighted by atomic mass is 10.2. The highest BCUT2D eigenvalue weighted by Gasteiger charge is 2.33. The molecule has 1 aliphatic heterocycles. The third kappa shape index (κ3) is 2.35. The Hall–Kier alpha value is -0.820. The van der Waals surface area contributed by atoms with E-state index in [0.717, 1.165) is 11.2 Å². The Morgan fingerprint density at radius 2 is 2.08 bits per heavy atom. The summed E-state index contributed by atoms with van der Waals surface area (Å²) in [5, 5.41) is 8.37. The minimum Gasteiger partial charge on any atom is -0.465 e. The lowest BCUT2D eigenvalue weighted by molar-refractivity contribution is 0.0293. The minimum absolute atomic E-state index is 0.127. The Morgan fingerprint density at radius 3 is 2.42 bits per heavy atom. The van der Waals surface area contributed by atoms with E-state index in [1.807, 2.05) is 0 Å². The number of nitrogens with zero attached hydrogens (tertiary/aromatic N) is 1. The molecular formula is C5H9NO5S. The van der Waals surface area contributed by atoms with Crippen molar-refractivity contribution in [3.05, 3.63) is 0 Å². The molecule has 1 fully saturated rings. The number of amides is 1. The molecule has 1 aliphatic rings. The normalized spacial score (nSPS) is 18.9. The average molecular weight is 195 g/mol. The fourth-order valence-electron chi connectivity index (χ4n) is 0.902. The first-order valence-corrected chi connectivity index (χ1v) is 5.06. The molecule has 0 aromatic carbocycles. The highest BCUT2D eigenvalue weighted by atomic mass is 32.2. The van der Waals surface area contributed by atoms with Gasteiger partial charge in [-0.05, 0) is 0 Å². The second-order valence-electron chi connectivity index (χ2n) is 2.61. The number of carbonyl (C=O) groups is 1. The molecule has 6 nitrogen and oxygen atoms in total. The number of hydrogen-bond acceptors (Lipinski definition) is 4. The van der Waals surface area contributed by atoms with Gasteiger partial charge in [-0.3, -0.25) is 4.18 Å². The molecular weight excluding hydrogens is 186 g/mol. The molecule has 0 spiro atoms. The predicted molar refractivity (Wildman–Crippen MR) is 39.3 cm³/mol. The number of likely N-dealkylation sites (tertiary alicyclic amines) is 1. The highest BCUT2D eigenvalue weighted by Crippen LogP contribution is 2.13. The Kier molecular flexibility index (Phi) is 2.25. The van der Waals surface area contributed by atoms with Crippen LogP contribution in [0.4, 0.5) is 4.79 Å². The van der Waals surface area contributed by atoms with Crippen LogP contribution in [-0.4, -0.2) is 50.0 Å². The number of carboxylic acid groups (broad SMARTS) is 1. The zero-order valence-electron chi connectivity index (χ0n) is 6.43. The van der Waals surface area contributed by atoms with Gasteiger partial charge in [-0.2, -0.15) is 8.42 Å². The molecule has 1 N–H and O–H groups in total. The molecule has 0 bridgehead atoms. The van der Waals surface area contributed by atoms with Crippen LogP contribution in [0.25, 0.3) is 0 Å². The van der Waals surface area contributed by atoms with Gasteiger partial charge in [0.05, 0.1) is 19.3 Å². The summed E-state index contributed by atoms with van der Waals surface area (Å²) in [5.41, 5.74) is 0. The molecule has 0 aromatic heterocycles. The topological polar surface area (TPSA) is 83.9 Å². The minimum atomic E-state index is -3.45. The summed E-state index contributed by atoms with van der Waals surface area (Å²) in [5.74, 6) is 0. The molecule has 70 valence electrons. The van der Waals surface area contributed by atoms with E-state index in [0.29, 0.717) is 0 Å². The van der Waals surface area contributed by atoms with E-state index in [1.165, 1.54) is 0 Å². The monoisotopic (exact) mass is 195 g/mol. The van der Waals surface area contributed by atoms with E-state index in [-0.39, 0.29) is 13.1 Å². The Labute approximate surface area is 69.9 Å². The summed E-state index contributed by atoms with van der Waals surface area (Å²) in [6, 6.07) is 0. The van der Waals surface area contributed by atoms with Crippen LogP contribution in [0.3, 0.4) is 0 Å². The van der Waals surface area contributed by atoms with E-state index < -0.39 is 22.3 Å². The molecule has 0 unspecified atom stereocenters. The molecule has 1 rings (SSSR count). The van der Waals surface area contributed by atoms with E-state index in [1.54, 1.807) is 0 Å². The summed E-state index contributed by atoms with van der Waals surface area (Å²) in [4.78, 5) is 11.3. The fourth-order valence-corrected chi connectivity index (χ4v) is 1.52. The molecule has 0 aliphatic carbocycles. The van der Waals surface area contributed by atoms with Gasteiger partial charge in [0.15, 0.2) is 0 Å². The quantitative estimate of drug-likeness (QED) is 0.590. The third-order valence-corrected chi connectivity index (χ3v) is 2.05. The van der Waals surface area contributed by atoms with Crippen molar-refractivity contribution in [2.24, 2.45) is 0 Å².